The van der Waals surface area contributed by atoms with Crippen LogP contribution in [0, 0.1) is 11.8 Å². The van der Waals surface area contributed by atoms with Crippen molar-refractivity contribution in [1.82, 2.24) is 0 Å². The molecule has 0 radical (unpaired) electrons. The van der Waals surface area contributed by atoms with Gasteiger partial charge in [0, 0.05) is 19.6 Å². The van der Waals surface area contributed by atoms with E-state index < -0.39 is 6.10 Å². The average Bonchev–Trinajstić information content (AvgIpc) is 2.37. The Labute approximate surface area is 103 Å². The summed E-state index contributed by atoms with van der Waals surface area (Å²) in [5.41, 5.74) is 0. The van der Waals surface area contributed by atoms with Gasteiger partial charge in [0.05, 0.1) is 6.10 Å². The van der Waals surface area contributed by atoms with E-state index in [-0.39, 0.29) is 12.9 Å². The van der Waals surface area contributed by atoms with Crippen LogP contribution < -0.4 is 0 Å². The van der Waals surface area contributed by atoms with Crippen molar-refractivity contribution in [1.29, 1.82) is 0 Å². The molecule has 2 N–H and O–H groups in total. The number of ether oxygens (including phenoxy) is 2. The second kappa shape index (κ2) is 9.43. The number of aliphatic hydroxyl groups is 2. The summed E-state index contributed by atoms with van der Waals surface area (Å²) >= 11 is 0. The van der Waals surface area contributed by atoms with Crippen LogP contribution in [-0.2, 0) is 9.47 Å². The first-order valence-corrected chi connectivity index (χ1v) is 6.31. The Kier molecular flexibility index (Phi) is 8.02. The van der Waals surface area contributed by atoms with Crippen LogP contribution in [0.4, 0.5) is 0 Å². The van der Waals surface area contributed by atoms with E-state index in [0.29, 0.717) is 25.9 Å². The van der Waals surface area contributed by atoms with E-state index in [1.807, 2.05) is 0 Å². The van der Waals surface area contributed by atoms with E-state index in [4.69, 9.17) is 14.6 Å². The van der Waals surface area contributed by atoms with E-state index in [1.54, 1.807) is 0 Å². The van der Waals surface area contributed by atoms with Crippen molar-refractivity contribution in [2.24, 2.45) is 0 Å². The van der Waals surface area contributed by atoms with Gasteiger partial charge in [-0.25, -0.2) is 0 Å². The lowest BCUT2D eigenvalue weighted by Crippen LogP contribution is -2.22. The van der Waals surface area contributed by atoms with Crippen molar-refractivity contribution in [3.63, 3.8) is 0 Å². The van der Waals surface area contributed by atoms with Crippen LogP contribution in [-0.4, -0.2) is 42.4 Å². The quantitative estimate of drug-likeness (QED) is 0.684. The molecule has 1 unspecified atom stereocenters. The molecule has 4 heteroatoms. The van der Waals surface area contributed by atoms with Gasteiger partial charge >= 0.3 is 0 Å². The lowest BCUT2D eigenvalue weighted by atomic mass is 10.1. The summed E-state index contributed by atoms with van der Waals surface area (Å²) in [6, 6.07) is 0. The molecule has 0 saturated carbocycles. The van der Waals surface area contributed by atoms with Crippen LogP contribution in [0.25, 0.3) is 0 Å². The number of rotatable bonds is 6. The molecular weight excluding hydrogens is 220 g/mol. The van der Waals surface area contributed by atoms with Gasteiger partial charge in [-0.2, -0.15) is 0 Å². The monoisotopic (exact) mass is 242 g/mol. The predicted octanol–water partition coefficient (Wildman–Crippen LogP) is 1.06. The van der Waals surface area contributed by atoms with E-state index in [1.165, 1.54) is 0 Å². The van der Waals surface area contributed by atoms with Crippen LogP contribution in [0.3, 0.4) is 0 Å². The summed E-state index contributed by atoms with van der Waals surface area (Å²) < 4.78 is 10.8. The summed E-state index contributed by atoms with van der Waals surface area (Å²) in [5.74, 6) is 5.74. The number of aliphatic hydroxyl groups excluding tert-OH is 2. The van der Waals surface area contributed by atoms with E-state index in [0.717, 1.165) is 25.9 Å². The SMILES string of the molecule is OCCC[C@H](O)CC#CCOC1CCCCO1. The molecule has 4 nitrogen and oxygen atoms in total. The molecule has 17 heavy (non-hydrogen) atoms. The van der Waals surface area contributed by atoms with Crippen LogP contribution in [0.1, 0.15) is 38.5 Å². The smallest absolute Gasteiger partial charge is 0.158 e. The molecule has 1 saturated heterocycles. The lowest BCUT2D eigenvalue weighted by Gasteiger charge is -2.21. The summed E-state index contributed by atoms with van der Waals surface area (Å²) in [4.78, 5) is 0. The second-order valence-corrected chi connectivity index (χ2v) is 4.18. The van der Waals surface area contributed by atoms with Crippen molar-refractivity contribution >= 4 is 0 Å². The van der Waals surface area contributed by atoms with E-state index in [2.05, 4.69) is 11.8 Å². The number of hydrogen-bond donors (Lipinski definition) is 2. The molecule has 1 heterocycles. The molecule has 0 aliphatic carbocycles. The first kappa shape index (κ1) is 14.5. The first-order chi connectivity index (χ1) is 8.33. The van der Waals surface area contributed by atoms with Crippen LogP contribution in [0.2, 0.25) is 0 Å². The molecule has 0 aromatic rings. The maximum atomic E-state index is 9.45. The fraction of sp³-hybridized carbons (Fsp3) is 0.846. The summed E-state index contributed by atoms with van der Waals surface area (Å²) in [6.07, 6.45) is 4.32. The minimum absolute atomic E-state index is 0.0997. The fourth-order valence-electron chi connectivity index (χ4n) is 1.65. The van der Waals surface area contributed by atoms with Crippen molar-refractivity contribution in [2.45, 2.75) is 50.9 Å². The maximum Gasteiger partial charge on any atom is 0.158 e. The first-order valence-electron chi connectivity index (χ1n) is 6.31. The van der Waals surface area contributed by atoms with Gasteiger partial charge in [-0.05, 0) is 32.1 Å². The zero-order valence-corrected chi connectivity index (χ0v) is 10.2. The van der Waals surface area contributed by atoms with Crippen molar-refractivity contribution in [2.75, 3.05) is 19.8 Å². The average molecular weight is 242 g/mol. The molecule has 1 aliphatic heterocycles. The predicted molar refractivity (Wildman–Crippen MR) is 64.3 cm³/mol. The van der Waals surface area contributed by atoms with Gasteiger partial charge in [-0.15, -0.1) is 0 Å². The minimum Gasteiger partial charge on any atom is -0.396 e. The molecule has 0 bridgehead atoms. The Balaban J connectivity index is 2.01. The molecule has 98 valence electrons. The van der Waals surface area contributed by atoms with Gasteiger partial charge in [0.2, 0.25) is 0 Å². The standard InChI is InChI=1S/C13H22O4/c14-9-5-7-12(15)6-1-3-10-16-13-8-2-4-11-17-13/h12-15H,2,4-11H2/t12-,13?/m1/s1. The Bertz CT molecular complexity index is 238. The van der Waals surface area contributed by atoms with Crippen molar-refractivity contribution in [3.8, 4) is 11.8 Å². The topological polar surface area (TPSA) is 58.9 Å². The molecule has 2 atom stereocenters. The molecule has 0 spiro atoms. The molecule has 1 rings (SSSR count). The van der Waals surface area contributed by atoms with Gasteiger partial charge in [-0.3, -0.25) is 0 Å². The van der Waals surface area contributed by atoms with Gasteiger partial charge < -0.3 is 19.7 Å². The van der Waals surface area contributed by atoms with Crippen LogP contribution in [0.15, 0.2) is 0 Å². The third-order valence-electron chi connectivity index (χ3n) is 2.64. The fourth-order valence-corrected chi connectivity index (χ4v) is 1.65. The molecule has 0 aromatic carbocycles. The van der Waals surface area contributed by atoms with Crippen LogP contribution >= 0.6 is 0 Å². The highest BCUT2D eigenvalue weighted by Gasteiger charge is 2.12. The number of hydrogen-bond acceptors (Lipinski definition) is 4. The van der Waals surface area contributed by atoms with Crippen molar-refractivity contribution in [3.05, 3.63) is 0 Å². The van der Waals surface area contributed by atoms with Gasteiger partial charge in [-0.1, -0.05) is 11.8 Å². The maximum absolute atomic E-state index is 9.45. The van der Waals surface area contributed by atoms with Gasteiger partial charge in [0.1, 0.15) is 6.61 Å². The highest BCUT2D eigenvalue weighted by molar-refractivity contribution is 5.00. The molecule has 1 aliphatic rings. The Morgan fingerprint density at radius 2 is 2.24 bits per heavy atom. The van der Waals surface area contributed by atoms with E-state index >= 15 is 0 Å². The van der Waals surface area contributed by atoms with Gasteiger partial charge in [0.25, 0.3) is 0 Å². The zero-order chi connectivity index (χ0) is 12.3. The highest BCUT2D eigenvalue weighted by Crippen LogP contribution is 2.13. The Morgan fingerprint density at radius 3 is 2.94 bits per heavy atom. The normalized spacial score (nSPS) is 21.6. The second-order valence-electron chi connectivity index (χ2n) is 4.18. The third kappa shape index (κ3) is 7.35. The minimum atomic E-state index is -0.444. The Hall–Kier alpha value is -0.600. The Morgan fingerprint density at radius 1 is 1.35 bits per heavy atom. The lowest BCUT2D eigenvalue weighted by molar-refractivity contribution is -0.154. The summed E-state index contributed by atoms with van der Waals surface area (Å²) in [7, 11) is 0. The molecule has 0 aromatic heterocycles. The zero-order valence-electron chi connectivity index (χ0n) is 10.2. The largest absolute Gasteiger partial charge is 0.396 e. The third-order valence-corrected chi connectivity index (χ3v) is 2.64. The molecule has 0 amide bonds. The van der Waals surface area contributed by atoms with E-state index in [9.17, 15) is 5.11 Å². The molecule has 1 fully saturated rings. The van der Waals surface area contributed by atoms with Crippen molar-refractivity contribution < 1.29 is 19.7 Å². The highest BCUT2D eigenvalue weighted by atomic mass is 16.7. The van der Waals surface area contributed by atoms with Gasteiger partial charge in [0.15, 0.2) is 6.29 Å². The summed E-state index contributed by atoms with van der Waals surface area (Å²) in [6.45, 7) is 1.25. The van der Waals surface area contributed by atoms with Crippen LogP contribution in [0.5, 0.6) is 0 Å². The summed E-state index contributed by atoms with van der Waals surface area (Å²) in [5, 5.41) is 18.0. The molecular formula is C13H22O4.